The fourth-order valence-corrected chi connectivity index (χ4v) is 1.41. The van der Waals surface area contributed by atoms with E-state index in [-0.39, 0.29) is 6.42 Å². The summed E-state index contributed by atoms with van der Waals surface area (Å²) in [5.74, 6) is -1.65. The fraction of sp³-hybridized carbons (Fsp3) is 0.300. The molecule has 1 heterocycles. The molecule has 13 heavy (non-hydrogen) atoms. The van der Waals surface area contributed by atoms with E-state index in [0.29, 0.717) is 12.2 Å². The van der Waals surface area contributed by atoms with Gasteiger partial charge in [-0.15, -0.1) is 0 Å². The number of nitrogens with zero attached hydrogens (tertiary/aromatic N) is 1. The van der Waals surface area contributed by atoms with E-state index in [9.17, 15) is 4.39 Å². The second-order valence-corrected chi connectivity index (χ2v) is 3.05. The molecule has 1 aromatic carbocycles. The lowest BCUT2D eigenvalue weighted by Crippen LogP contribution is -2.32. The second-order valence-electron chi connectivity index (χ2n) is 3.05. The van der Waals surface area contributed by atoms with Crippen molar-refractivity contribution < 1.29 is 9.13 Å². The van der Waals surface area contributed by atoms with Gasteiger partial charge in [0.2, 0.25) is 0 Å². The van der Waals surface area contributed by atoms with Crippen LogP contribution in [0, 0.1) is 11.3 Å². The lowest BCUT2D eigenvalue weighted by atomic mass is 10.0. The van der Waals surface area contributed by atoms with Gasteiger partial charge in [-0.05, 0) is 18.1 Å². The van der Waals surface area contributed by atoms with Gasteiger partial charge in [0.05, 0.1) is 0 Å². The van der Waals surface area contributed by atoms with Crippen LogP contribution in [0.25, 0.3) is 0 Å². The van der Waals surface area contributed by atoms with Gasteiger partial charge in [-0.3, -0.25) is 0 Å². The summed E-state index contributed by atoms with van der Waals surface area (Å²) in [5, 5.41) is 8.53. The van der Waals surface area contributed by atoms with Gasteiger partial charge in [-0.2, -0.15) is 9.65 Å². The van der Waals surface area contributed by atoms with Crippen LogP contribution in [0.5, 0.6) is 5.75 Å². The molecule has 0 saturated heterocycles. The Bertz CT molecular complexity index is 371. The highest BCUT2D eigenvalue weighted by molar-refractivity contribution is 5.36. The predicted molar refractivity (Wildman–Crippen MR) is 44.8 cm³/mol. The van der Waals surface area contributed by atoms with Crippen molar-refractivity contribution in [1.82, 2.24) is 0 Å². The standard InChI is InChI=1S/C10H8FNO/c11-10(7-12)6-5-8-3-1-2-4-9(8)13-10/h1-4H,5-6H2. The first-order valence-electron chi connectivity index (χ1n) is 4.11. The molecule has 1 unspecified atom stereocenters. The van der Waals surface area contributed by atoms with Crippen LogP contribution in [0.3, 0.4) is 0 Å². The van der Waals surface area contributed by atoms with Crippen LogP contribution >= 0.6 is 0 Å². The van der Waals surface area contributed by atoms with Crippen molar-refractivity contribution in [3.8, 4) is 11.8 Å². The molecular formula is C10H8FNO. The number of para-hydroxylation sites is 1. The van der Waals surface area contributed by atoms with Gasteiger partial charge in [-0.1, -0.05) is 18.2 Å². The van der Waals surface area contributed by atoms with E-state index in [1.807, 2.05) is 12.1 Å². The molecule has 1 aliphatic heterocycles. The Balaban J connectivity index is 2.36. The first-order chi connectivity index (χ1) is 6.23. The van der Waals surface area contributed by atoms with E-state index in [4.69, 9.17) is 10.00 Å². The van der Waals surface area contributed by atoms with E-state index >= 15 is 0 Å². The van der Waals surface area contributed by atoms with Crippen molar-refractivity contribution in [3.05, 3.63) is 29.8 Å². The van der Waals surface area contributed by atoms with Crippen LogP contribution in [0.15, 0.2) is 24.3 Å². The van der Waals surface area contributed by atoms with Gasteiger partial charge in [0.15, 0.2) is 0 Å². The number of rotatable bonds is 0. The van der Waals surface area contributed by atoms with Crippen molar-refractivity contribution in [2.45, 2.75) is 18.7 Å². The van der Waals surface area contributed by atoms with Crippen molar-refractivity contribution in [3.63, 3.8) is 0 Å². The Labute approximate surface area is 75.6 Å². The van der Waals surface area contributed by atoms with Gasteiger partial charge in [0.25, 0.3) is 0 Å². The lowest BCUT2D eigenvalue weighted by Gasteiger charge is -2.25. The number of alkyl halides is 1. The molecular weight excluding hydrogens is 169 g/mol. The number of benzene rings is 1. The van der Waals surface area contributed by atoms with Gasteiger partial charge >= 0.3 is 5.85 Å². The monoisotopic (exact) mass is 177 g/mol. The Morgan fingerprint density at radius 1 is 1.46 bits per heavy atom. The van der Waals surface area contributed by atoms with Crippen molar-refractivity contribution in [2.75, 3.05) is 0 Å². The van der Waals surface area contributed by atoms with E-state index in [0.717, 1.165) is 5.56 Å². The van der Waals surface area contributed by atoms with Crippen LogP contribution in [-0.4, -0.2) is 5.85 Å². The minimum absolute atomic E-state index is 0.112. The highest BCUT2D eigenvalue weighted by atomic mass is 19.2. The summed E-state index contributed by atoms with van der Waals surface area (Å²) in [6, 6.07) is 8.73. The normalized spacial score (nSPS) is 25.5. The molecule has 66 valence electrons. The number of halogens is 1. The number of aryl methyl sites for hydroxylation is 1. The lowest BCUT2D eigenvalue weighted by molar-refractivity contribution is -0.0249. The second kappa shape index (κ2) is 2.74. The van der Waals surface area contributed by atoms with E-state index in [2.05, 4.69) is 0 Å². The summed E-state index contributed by atoms with van der Waals surface area (Å²) < 4.78 is 18.3. The van der Waals surface area contributed by atoms with Crippen LogP contribution in [0.2, 0.25) is 0 Å². The van der Waals surface area contributed by atoms with E-state index in [1.54, 1.807) is 12.1 Å². The molecule has 0 aromatic heterocycles. The van der Waals surface area contributed by atoms with Crippen LogP contribution in [0.4, 0.5) is 4.39 Å². The number of fused-ring (bicyclic) bond motifs is 1. The molecule has 0 fully saturated rings. The van der Waals surface area contributed by atoms with Crippen molar-refractivity contribution >= 4 is 0 Å². The van der Waals surface area contributed by atoms with E-state index in [1.165, 1.54) is 6.07 Å². The molecule has 2 rings (SSSR count). The van der Waals surface area contributed by atoms with Gasteiger partial charge < -0.3 is 4.74 Å². The molecule has 0 aliphatic carbocycles. The minimum atomic E-state index is -2.13. The molecule has 1 atom stereocenters. The average molecular weight is 177 g/mol. The first-order valence-corrected chi connectivity index (χ1v) is 4.11. The summed E-state index contributed by atoms with van der Waals surface area (Å²) in [5.41, 5.74) is 0.964. The number of nitriles is 1. The predicted octanol–water partition coefficient (Wildman–Crippen LogP) is 2.20. The quantitative estimate of drug-likeness (QED) is 0.608. The first kappa shape index (κ1) is 8.06. The molecule has 3 heteroatoms. The maximum Gasteiger partial charge on any atom is 0.336 e. The van der Waals surface area contributed by atoms with E-state index < -0.39 is 5.85 Å². The Morgan fingerprint density at radius 3 is 3.00 bits per heavy atom. The van der Waals surface area contributed by atoms with Crippen LogP contribution in [-0.2, 0) is 6.42 Å². The maximum absolute atomic E-state index is 13.4. The minimum Gasteiger partial charge on any atom is -0.446 e. The highest BCUT2D eigenvalue weighted by Gasteiger charge is 2.35. The molecule has 1 aliphatic rings. The average Bonchev–Trinajstić information content (AvgIpc) is 2.18. The Morgan fingerprint density at radius 2 is 2.23 bits per heavy atom. The number of ether oxygens (including phenoxy) is 1. The Hall–Kier alpha value is -1.56. The highest BCUT2D eigenvalue weighted by Crippen LogP contribution is 2.33. The molecule has 0 spiro atoms. The van der Waals surface area contributed by atoms with Crippen molar-refractivity contribution in [1.29, 1.82) is 5.26 Å². The van der Waals surface area contributed by atoms with Crippen LogP contribution in [0.1, 0.15) is 12.0 Å². The third-order valence-corrected chi connectivity index (χ3v) is 2.13. The number of hydrogen-bond acceptors (Lipinski definition) is 2. The van der Waals surface area contributed by atoms with Gasteiger partial charge in [0, 0.05) is 6.42 Å². The Kier molecular flexibility index (Phi) is 1.70. The van der Waals surface area contributed by atoms with Gasteiger partial charge in [0.1, 0.15) is 11.8 Å². The molecule has 0 radical (unpaired) electrons. The molecule has 0 amide bonds. The largest absolute Gasteiger partial charge is 0.446 e. The molecule has 0 N–H and O–H groups in total. The third kappa shape index (κ3) is 1.35. The number of hydrogen-bond donors (Lipinski definition) is 0. The summed E-state index contributed by atoms with van der Waals surface area (Å²) in [4.78, 5) is 0. The fourth-order valence-electron chi connectivity index (χ4n) is 1.41. The molecule has 0 saturated carbocycles. The summed E-state index contributed by atoms with van der Waals surface area (Å²) >= 11 is 0. The zero-order chi connectivity index (χ0) is 9.31. The van der Waals surface area contributed by atoms with Crippen molar-refractivity contribution in [2.24, 2.45) is 0 Å². The summed E-state index contributed by atoms with van der Waals surface area (Å²) in [7, 11) is 0. The van der Waals surface area contributed by atoms with Crippen LogP contribution < -0.4 is 4.74 Å². The summed E-state index contributed by atoms with van der Waals surface area (Å²) in [6.07, 6.45) is 0.667. The molecule has 2 nitrogen and oxygen atoms in total. The van der Waals surface area contributed by atoms with Gasteiger partial charge in [-0.25, -0.2) is 0 Å². The smallest absolute Gasteiger partial charge is 0.336 e. The topological polar surface area (TPSA) is 33.0 Å². The SMILES string of the molecule is N#CC1(F)CCc2ccccc2O1. The molecule has 0 bridgehead atoms. The zero-order valence-electron chi connectivity index (χ0n) is 6.96. The zero-order valence-corrected chi connectivity index (χ0v) is 6.96. The molecule has 1 aromatic rings. The maximum atomic E-state index is 13.4. The summed E-state index contributed by atoms with van der Waals surface area (Å²) in [6.45, 7) is 0. The third-order valence-electron chi connectivity index (χ3n) is 2.13.